The molecule has 1 aliphatic rings. The van der Waals surface area contributed by atoms with E-state index in [0.717, 1.165) is 12.8 Å². The monoisotopic (exact) mass is 238 g/mol. The second kappa shape index (κ2) is 7.36. The van der Waals surface area contributed by atoms with E-state index >= 15 is 0 Å². The van der Waals surface area contributed by atoms with Crippen molar-refractivity contribution >= 4 is 6.03 Å². The molecule has 2 N–H and O–H groups in total. The number of nitrogens with one attached hydrogen (secondary N) is 2. The maximum atomic E-state index is 11.7. The zero-order chi connectivity index (χ0) is 12.7. The van der Waals surface area contributed by atoms with Crippen LogP contribution in [0.2, 0.25) is 0 Å². The van der Waals surface area contributed by atoms with E-state index in [1.54, 1.807) is 0 Å². The van der Waals surface area contributed by atoms with Gasteiger partial charge in [0.2, 0.25) is 0 Å². The fourth-order valence-electron chi connectivity index (χ4n) is 2.00. The van der Waals surface area contributed by atoms with Crippen molar-refractivity contribution in [2.24, 2.45) is 5.92 Å². The molecule has 17 heavy (non-hydrogen) atoms. The molecule has 0 unspecified atom stereocenters. The van der Waals surface area contributed by atoms with Gasteiger partial charge in [-0.25, -0.2) is 4.79 Å². The van der Waals surface area contributed by atoms with Gasteiger partial charge in [-0.05, 0) is 25.7 Å². The topological polar surface area (TPSA) is 41.1 Å². The largest absolute Gasteiger partial charge is 0.335 e. The smallest absolute Gasteiger partial charge is 0.318 e. The highest BCUT2D eigenvalue weighted by atomic mass is 16.2. The van der Waals surface area contributed by atoms with E-state index < -0.39 is 0 Å². The van der Waals surface area contributed by atoms with E-state index in [4.69, 9.17) is 0 Å². The van der Waals surface area contributed by atoms with E-state index in [1.165, 1.54) is 31.3 Å². The van der Waals surface area contributed by atoms with Crippen LogP contribution in [0.1, 0.15) is 59.3 Å². The Morgan fingerprint density at radius 3 is 2.29 bits per heavy atom. The van der Waals surface area contributed by atoms with Gasteiger partial charge in [0.15, 0.2) is 0 Å². The van der Waals surface area contributed by atoms with Crippen LogP contribution in [0.3, 0.4) is 0 Å². The minimum Gasteiger partial charge on any atom is -0.335 e. The van der Waals surface area contributed by atoms with Crippen molar-refractivity contribution in [3.63, 3.8) is 0 Å². The molecule has 0 spiro atoms. The normalized spacial score (nSPS) is 18.9. The predicted octanol–water partition coefficient (Wildman–Crippen LogP) is 3.57. The van der Waals surface area contributed by atoms with Crippen molar-refractivity contribution in [3.8, 4) is 0 Å². The van der Waals surface area contributed by atoms with E-state index in [9.17, 15) is 4.79 Å². The minimum absolute atomic E-state index is 0.0584. The van der Waals surface area contributed by atoms with Crippen molar-refractivity contribution in [2.75, 3.05) is 0 Å². The average molecular weight is 238 g/mol. The SMILES string of the molecule is C/C(=C\NC(=O)NC1CCCCCC1)C(C)C. The van der Waals surface area contributed by atoms with Crippen LogP contribution in [0.5, 0.6) is 0 Å². The highest BCUT2D eigenvalue weighted by molar-refractivity contribution is 5.75. The Balaban J connectivity index is 2.30. The minimum atomic E-state index is -0.0584. The molecular formula is C14H26N2O. The van der Waals surface area contributed by atoms with Gasteiger partial charge in [0, 0.05) is 12.2 Å². The van der Waals surface area contributed by atoms with Crippen LogP contribution in [0.25, 0.3) is 0 Å². The summed E-state index contributed by atoms with van der Waals surface area (Å²) < 4.78 is 0. The number of urea groups is 1. The summed E-state index contributed by atoms with van der Waals surface area (Å²) in [6.45, 7) is 6.28. The fourth-order valence-corrected chi connectivity index (χ4v) is 2.00. The second-order valence-electron chi connectivity index (χ2n) is 5.35. The lowest BCUT2D eigenvalue weighted by Gasteiger charge is -2.16. The second-order valence-corrected chi connectivity index (χ2v) is 5.35. The molecule has 0 aromatic rings. The first-order chi connectivity index (χ1) is 8.09. The van der Waals surface area contributed by atoms with E-state index in [1.807, 2.05) is 13.1 Å². The third kappa shape index (κ3) is 5.76. The van der Waals surface area contributed by atoms with Gasteiger partial charge in [-0.1, -0.05) is 45.1 Å². The van der Waals surface area contributed by atoms with Crippen molar-refractivity contribution in [1.29, 1.82) is 0 Å². The molecule has 0 bridgehead atoms. The molecule has 0 saturated heterocycles. The van der Waals surface area contributed by atoms with Gasteiger partial charge in [-0.15, -0.1) is 0 Å². The van der Waals surface area contributed by atoms with Crippen molar-refractivity contribution in [3.05, 3.63) is 11.8 Å². The number of rotatable bonds is 3. The zero-order valence-corrected chi connectivity index (χ0v) is 11.4. The number of allylic oxidation sites excluding steroid dienone is 1. The lowest BCUT2D eigenvalue weighted by Crippen LogP contribution is -2.40. The lowest BCUT2D eigenvalue weighted by molar-refractivity contribution is 0.238. The molecule has 1 rings (SSSR count). The molecule has 3 heteroatoms. The molecule has 1 saturated carbocycles. The Hall–Kier alpha value is -0.990. The molecule has 0 heterocycles. The Kier molecular flexibility index (Phi) is 6.09. The van der Waals surface area contributed by atoms with Crippen LogP contribution in [-0.2, 0) is 0 Å². The first kappa shape index (κ1) is 14.1. The Labute approximate surface area is 105 Å². The summed E-state index contributed by atoms with van der Waals surface area (Å²) in [5.74, 6) is 0.480. The van der Waals surface area contributed by atoms with E-state index in [2.05, 4.69) is 24.5 Å². The lowest BCUT2D eigenvalue weighted by atomic mass is 10.1. The number of carbonyl (C=O) groups excluding carboxylic acids is 1. The third-order valence-electron chi connectivity index (χ3n) is 3.53. The zero-order valence-electron chi connectivity index (χ0n) is 11.4. The van der Waals surface area contributed by atoms with Crippen LogP contribution < -0.4 is 10.6 Å². The number of amides is 2. The molecule has 1 aliphatic carbocycles. The van der Waals surface area contributed by atoms with Gasteiger partial charge >= 0.3 is 6.03 Å². The van der Waals surface area contributed by atoms with Crippen LogP contribution in [-0.4, -0.2) is 12.1 Å². The summed E-state index contributed by atoms with van der Waals surface area (Å²) in [5, 5.41) is 5.88. The highest BCUT2D eigenvalue weighted by Gasteiger charge is 2.13. The van der Waals surface area contributed by atoms with E-state index in [-0.39, 0.29) is 6.03 Å². The van der Waals surface area contributed by atoms with Crippen molar-refractivity contribution in [2.45, 2.75) is 65.3 Å². The maximum absolute atomic E-state index is 11.7. The summed E-state index contributed by atoms with van der Waals surface area (Å²) >= 11 is 0. The summed E-state index contributed by atoms with van der Waals surface area (Å²) in [4.78, 5) is 11.7. The van der Waals surface area contributed by atoms with Crippen LogP contribution in [0, 0.1) is 5.92 Å². The first-order valence-corrected chi connectivity index (χ1v) is 6.83. The average Bonchev–Trinajstić information content (AvgIpc) is 2.54. The summed E-state index contributed by atoms with van der Waals surface area (Å²) in [5.41, 5.74) is 1.20. The summed E-state index contributed by atoms with van der Waals surface area (Å²) in [6.07, 6.45) is 9.17. The fraction of sp³-hybridized carbons (Fsp3) is 0.786. The van der Waals surface area contributed by atoms with Crippen molar-refractivity contribution < 1.29 is 4.79 Å². The Morgan fingerprint density at radius 1 is 1.18 bits per heavy atom. The standard InChI is InChI=1S/C14H26N2O/c1-11(2)12(3)10-15-14(17)16-13-8-6-4-5-7-9-13/h10-11,13H,4-9H2,1-3H3,(H2,15,16,17)/b12-10+. The first-order valence-electron chi connectivity index (χ1n) is 6.83. The Morgan fingerprint density at radius 2 is 1.76 bits per heavy atom. The number of hydrogen-bond donors (Lipinski definition) is 2. The molecular weight excluding hydrogens is 212 g/mol. The van der Waals surface area contributed by atoms with Crippen LogP contribution in [0.4, 0.5) is 4.79 Å². The van der Waals surface area contributed by atoms with Gasteiger partial charge in [0.05, 0.1) is 0 Å². The maximum Gasteiger partial charge on any atom is 0.318 e. The molecule has 98 valence electrons. The third-order valence-corrected chi connectivity index (χ3v) is 3.53. The predicted molar refractivity (Wildman–Crippen MR) is 71.8 cm³/mol. The highest BCUT2D eigenvalue weighted by Crippen LogP contribution is 2.17. The van der Waals surface area contributed by atoms with Gasteiger partial charge in [0.1, 0.15) is 0 Å². The quantitative estimate of drug-likeness (QED) is 0.725. The van der Waals surface area contributed by atoms with Gasteiger partial charge < -0.3 is 10.6 Å². The molecule has 0 aromatic carbocycles. The van der Waals surface area contributed by atoms with Crippen molar-refractivity contribution in [1.82, 2.24) is 10.6 Å². The molecule has 0 aromatic heterocycles. The van der Waals surface area contributed by atoms with E-state index in [0.29, 0.717) is 12.0 Å². The van der Waals surface area contributed by atoms with Gasteiger partial charge in [-0.3, -0.25) is 0 Å². The van der Waals surface area contributed by atoms with Gasteiger partial charge in [0.25, 0.3) is 0 Å². The van der Waals surface area contributed by atoms with Gasteiger partial charge in [-0.2, -0.15) is 0 Å². The molecule has 2 amide bonds. The Bertz CT molecular complexity index is 263. The van der Waals surface area contributed by atoms with Crippen LogP contribution in [0.15, 0.2) is 11.8 Å². The summed E-state index contributed by atoms with van der Waals surface area (Å²) in [6, 6.07) is 0.308. The number of carbonyl (C=O) groups is 1. The molecule has 1 fully saturated rings. The molecule has 0 aliphatic heterocycles. The summed E-state index contributed by atoms with van der Waals surface area (Å²) in [7, 11) is 0. The van der Waals surface area contributed by atoms with Crippen LogP contribution >= 0.6 is 0 Å². The molecule has 0 atom stereocenters. The number of hydrogen-bond acceptors (Lipinski definition) is 1. The molecule has 0 radical (unpaired) electrons. The molecule has 3 nitrogen and oxygen atoms in total.